The second-order valence-electron chi connectivity index (χ2n) is 2.06. The molecule has 2 heteroatoms. The van der Waals surface area contributed by atoms with E-state index in [1.54, 1.807) is 24.3 Å². The number of hydrogen-bond donors (Lipinski definition) is 0. The maximum absolute atomic E-state index is 12.8. The molecule has 0 amide bonds. The molecule has 0 saturated heterocycles. The molecule has 0 aliphatic heterocycles. The molecule has 58 valence electrons. The first-order chi connectivity index (χ1) is 5.34. The number of halogens is 1. The Morgan fingerprint density at radius 3 is 2.73 bits per heavy atom. The monoisotopic (exact) mass is 152 g/mol. The molecule has 0 radical (unpaired) electrons. The molecule has 1 aromatic rings. The summed E-state index contributed by atoms with van der Waals surface area (Å²) in [4.78, 5) is 0. The number of hydrogen-bond acceptors (Lipinski definition) is 1. The van der Waals surface area contributed by atoms with Crippen LogP contribution in [0, 0.1) is 5.82 Å². The highest BCUT2D eigenvalue weighted by atomic mass is 19.1. The number of ether oxygens (including phenoxy) is 1. The molecule has 1 rings (SSSR count). The topological polar surface area (TPSA) is 9.23 Å². The number of methoxy groups -OCH3 is 1. The van der Waals surface area contributed by atoms with E-state index in [0.717, 1.165) is 0 Å². The summed E-state index contributed by atoms with van der Waals surface area (Å²) in [6.07, 6.45) is 3.02. The summed E-state index contributed by atoms with van der Waals surface area (Å²) in [7, 11) is 1.53. The molecule has 1 aromatic carbocycles. The van der Waals surface area contributed by atoms with E-state index in [9.17, 15) is 4.39 Å². The van der Waals surface area contributed by atoms with Gasteiger partial charge in [0.05, 0.1) is 13.4 Å². The maximum atomic E-state index is 12.8. The lowest BCUT2D eigenvalue weighted by Gasteiger charge is -1.93. The van der Waals surface area contributed by atoms with Gasteiger partial charge in [-0.3, -0.25) is 0 Å². The van der Waals surface area contributed by atoms with Crippen molar-refractivity contribution in [3.63, 3.8) is 0 Å². The third-order valence-corrected chi connectivity index (χ3v) is 1.29. The first-order valence-electron chi connectivity index (χ1n) is 3.28. The fourth-order valence-electron chi connectivity index (χ4n) is 0.752. The minimum atomic E-state index is -0.235. The molecule has 0 aliphatic rings. The van der Waals surface area contributed by atoms with Gasteiger partial charge in [0, 0.05) is 5.56 Å². The van der Waals surface area contributed by atoms with Crippen molar-refractivity contribution in [3.05, 3.63) is 41.9 Å². The molecule has 0 bridgehead atoms. The van der Waals surface area contributed by atoms with Crippen molar-refractivity contribution in [3.8, 4) is 0 Å². The molecule has 0 aliphatic carbocycles. The molecular weight excluding hydrogens is 143 g/mol. The zero-order valence-electron chi connectivity index (χ0n) is 6.25. The lowest BCUT2D eigenvalue weighted by molar-refractivity contribution is 0.341. The summed E-state index contributed by atoms with van der Waals surface area (Å²) in [5, 5.41) is 0. The van der Waals surface area contributed by atoms with Gasteiger partial charge in [-0.2, -0.15) is 0 Å². The normalized spacial score (nSPS) is 10.4. The molecule has 0 atom stereocenters. The van der Waals surface area contributed by atoms with Crippen molar-refractivity contribution in [2.24, 2.45) is 0 Å². The highest BCUT2D eigenvalue weighted by Crippen LogP contribution is 2.07. The third kappa shape index (κ3) is 2.08. The second-order valence-corrected chi connectivity index (χ2v) is 2.06. The average molecular weight is 152 g/mol. The van der Waals surface area contributed by atoms with Crippen LogP contribution in [0.4, 0.5) is 4.39 Å². The lowest BCUT2D eigenvalue weighted by atomic mass is 10.2. The van der Waals surface area contributed by atoms with Crippen molar-refractivity contribution < 1.29 is 9.13 Å². The molecule has 0 unspecified atom stereocenters. The van der Waals surface area contributed by atoms with Crippen molar-refractivity contribution in [2.45, 2.75) is 0 Å². The predicted octanol–water partition coefficient (Wildman–Crippen LogP) is 2.44. The van der Waals surface area contributed by atoms with E-state index < -0.39 is 0 Å². The summed E-state index contributed by atoms with van der Waals surface area (Å²) in [5.41, 5.74) is 0.536. The Morgan fingerprint density at radius 1 is 1.36 bits per heavy atom. The van der Waals surface area contributed by atoms with Crippen molar-refractivity contribution in [2.75, 3.05) is 7.11 Å². The summed E-state index contributed by atoms with van der Waals surface area (Å²) < 4.78 is 17.5. The quantitative estimate of drug-likeness (QED) is 0.591. The molecule has 0 heterocycles. The van der Waals surface area contributed by atoms with Crippen molar-refractivity contribution >= 4 is 6.08 Å². The van der Waals surface area contributed by atoms with Gasteiger partial charge in [-0.15, -0.1) is 0 Å². The molecule has 0 saturated carbocycles. The van der Waals surface area contributed by atoms with E-state index in [1.165, 1.54) is 19.4 Å². The van der Waals surface area contributed by atoms with Gasteiger partial charge in [0.25, 0.3) is 0 Å². The predicted molar refractivity (Wildman–Crippen MR) is 42.4 cm³/mol. The minimum absolute atomic E-state index is 0.235. The highest BCUT2D eigenvalue weighted by molar-refractivity contribution is 5.48. The molecule has 0 fully saturated rings. The van der Waals surface area contributed by atoms with Gasteiger partial charge in [-0.1, -0.05) is 18.2 Å². The van der Waals surface area contributed by atoms with Gasteiger partial charge in [0.1, 0.15) is 5.82 Å². The van der Waals surface area contributed by atoms with Crippen LogP contribution in [-0.4, -0.2) is 7.11 Å². The summed E-state index contributed by atoms with van der Waals surface area (Å²) >= 11 is 0. The Hall–Kier alpha value is -1.31. The Morgan fingerprint density at radius 2 is 2.09 bits per heavy atom. The maximum Gasteiger partial charge on any atom is 0.130 e. The summed E-state index contributed by atoms with van der Waals surface area (Å²) in [6.45, 7) is 0. The zero-order chi connectivity index (χ0) is 8.10. The van der Waals surface area contributed by atoms with Crippen LogP contribution in [0.2, 0.25) is 0 Å². The van der Waals surface area contributed by atoms with Gasteiger partial charge in [-0.25, -0.2) is 4.39 Å². The molecule has 0 N–H and O–H groups in total. The van der Waals surface area contributed by atoms with E-state index in [-0.39, 0.29) is 5.82 Å². The van der Waals surface area contributed by atoms with Gasteiger partial charge in [0.15, 0.2) is 0 Å². The summed E-state index contributed by atoms with van der Waals surface area (Å²) in [6, 6.07) is 6.53. The third-order valence-electron chi connectivity index (χ3n) is 1.29. The fourth-order valence-corrected chi connectivity index (χ4v) is 0.752. The van der Waals surface area contributed by atoms with Crippen LogP contribution < -0.4 is 0 Å². The van der Waals surface area contributed by atoms with Gasteiger partial charge in [0.2, 0.25) is 0 Å². The zero-order valence-corrected chi connectivity index (χ0v) is 6.25. The van der Waals surface area contributed by atoms with Crippen LogP contribution in [0.15, 0.2) is 30.5 Å². The van der Waals surface area contributed by atoms with Crippen LogP contribution in [0.3, 0.4) is 0 Å². The highest BCUT2D eigenvalue weighted by Gasteiger charge is 1.93. The fraction of sp³-hybridized carbons (Fsp3) is 0.111. The van der Waals surface area contributed by atoms with Gasteiger partial charge in [-0.05, 0) is 12.1 Å². The number of benzene rings is 1. The molecule has 11 heavy (non-hydrogen) atoms. The Bertz CT molecular complexity index is 255. The van der Waals surface area contributed by atoms with E-state index >= 15 is 0 Å². The minimum Gasteiger partial charge on any atom is -0.504 e. The molecular formula is C9H9FO. The van der Waals surface area contributed by atoms with Crippen LogP contribution >= 0.6 is 0 Å². The summed E-state index contributed by atoms with van der Waals surface area (Å²) in [5.74, 6) is -0.235. The van der Waals surface area contributed by atoms with Crippen LogP contribution in [0.5, 0.6) is 0 Å². The first kappa shape index (κ1) is 7.79. The van der Waals surface area contributed by atoms with E-state index in [0.29, 0.717) is 5.56 Å². The van der Waals surface area contributed by atoms with Crippen molar-refractivity contribution in [1.82, 2.24) is 0 Å². The van der Waals surface area contributed by atoms with Gasteiger partial charge < -0.3 is 4.74 Å². The van der Waals surface area contributed by atoms with E-state index in [1.807, 2.05) is 0 Å². The Balaban J connectivity index is 2.86. The molecule has 1 nitrogen and oxygen atoms in total. The standard InChI is InChI=1S/C9H9FO/c1-11-7-6-8-4-2-3-5-9(8)10/h2-7H,1H3. The smallest absolute Gasteiger partial charge is 0.130 e. The van der Waals surface area contributed by atoms with Crippen LogP contribution in [-0.2, 0) is 4.74 Å². The molecule has 0 spiro atoms. The SMILES string of the molecule is COC=Cc1ccccc1F. The number of rotatable bonds is 2. The van der Waals surface area contributed by atoms with Crippen molar-refractivity contribution in [1.29, 1.82) is 0 Å². The van der Waals surface area contributed by atoms with Crippen LogP contribution in [0.1, 0.15) is 5.56 Å². The molecule has 0 aromatic heterocycles. The van der Waals surface area contributed by atoms with E-state index in [2.05, 4.69) is 4.74 Å². The average Bonchev–Trinajstić information content (AvgIpc) is 2.03. The second kappa shape index (κ2) is 3.76. The Labute approximate surface area is 65.1 Å². The Kier molecular flexibility index (Phi) is 2.66. The lowest BCUT2D eigenvalue weighted by Crippen LogP contribution is -1.79. The first-order valence-corrected chi connectivity index (χ1v) is 3.28. The van der Waals surface area contributed by atoms with Gasteiger partial charge >= 0.3 is 0 Å². The largest absolute Gasteiger partial charge is 0.504 e. The van der Waals surface area contributed by atoms with Crippen LogP contribution in [0.25, 0.3) is 6.08 Å². The van der Waals surface area contributed by atoms with E-state index in [4.69, 9.17) is 0 Å².